The molecule has 0 saturated carbocycles. The molecule has 1 heterocycles. The average Bonchev–Trinajstić information content (AvgIpc) is 2.54. The molecule has 1 saturated heterocycles. The molecule has 0 aliphatic carbocycles. The van der Waals surface area contributed by atoms with Crippen LogP contribution in [-0.2, 0) is 10.0 Å². The molecule has 2 rings (SSSR count). The van der Waals surface area contributed by atoms with E-state index in [1.54, 1.807) is 29.6 Å². The van der Waals surface area contributed by atoms with Crippen molar-refractivity contribution in [1.29, 1.82) is 0 Å². The summed E-state index contributed by atoms with van der Waals surface area (Å²) >= 11 is 0. The summed E-state index contributed by atoms with van der Waals surface area (Å²) in [6.45, 7) is 5.45. The van der Waals surface area contributed by atoms with Gasteiger partial charge >= 0.3 is 0 Å². The lowest BCUT2D eigenvalue weighted by molar-refractivity contribution is 0.346. The number of nitrogens with zero attached hydrogens (tertiary/aromatic N) is 1. The summed E-state index contributed by atoms with van der Waals surface area (Å²) in [6.07, 6.45) is 3.97. The third kappa shape index (κ3) is 3.40. The Morgan fingerprint density at radius 1 is 1.24 bits per heavy atom. The molecule has 1 aromatic carbocycles. The summed E-state index contributed by atoms with van der Waals surface area (Å²) in [5, 5.41) is 0. The van der Waals surface area contributed by atoms with E-state index in [0.29, 0.717) is 18.0 Å². The molecule has 1 atom stereocenters. The van der Waals surface area contributed by atoms with Crippen molar-refractivity contribution >= 4 is 10.0 Å². The lowest BCUT2D eigenvalue weighted by atomic mass is 9.98. The smallest absolute Gasteiger partial charge is 0.243 e. The van der Waals surface area contributed by atoms with Gasteiger partial charge in [0.25, 0.3) is 0 Å². The van der Waals surface area contributed by atoms with E-state index >= 15 is 0 Å². The van der Waals surface area contributed by atoms with E-state index in [1.165, 1.54) is 0 Å². The van der Waals surface area contributed by atoms with Crippen molar-refractivity contribution in [3.8, 4) is 5.75 Å². The molecule has 0 radical (unpaired) electrons. The molecule has 118 valence electrons. The number of benzene rings is 1. The van der Waals surface area contributed by atoms with Crippen molar-refractivity contribution in [1.82, 2.24) is 4.31 Å². The van der Waals surface area contributed by atoms with Gasteiger partial charge in [-0.05, 0) is 48.9 Å². The minimum absolute atomic E-state index is 0.274. The van der Waals surface area contributed by atoms with Gasteiger partial charge in [-0.25, -0.2) is 8.42 Å². The van der Waals surface area contributed by atoms with Crippen molar-refractivity contribution < 1.29 is 13.2 Å². The molecule has 1 aliphatic heterocycles. The molecule has 21 heavy (non-hydrogen) atoms. The molecular formula is C16H25NO3S. The van der Waals surface area contributed by atoms with Crippen molar-refractivity contribution in [2.75, 3.05) is 20.2 Å². The quantitative estimate of drug-likeness (QED) is 0.837. The van der Waals surface area contributed by atoms with Gasteiger partial charge in [0.2, 0.25) is 10.0 Å². The molecule has 1 aromatic rings. The predicted octanol–water partition coefficient (Wildman–Crippen LogP) is 3.38. The predicted molar refractivity (Wildman–Crippen MR) is 84.3 cm³/mol. The van der Waals surface area contributed by atoms with Gasteiger partial charge in [0.05, 0.1) is 12.0 Å². The van der Waals surface area contributed by atoms with Crippen LogP contribution in [0.15, 0.2) is 23.1 Å². The highest BCUT2D eigenvalue weighted by Gasteiger charge is 2.27. The van der Waals surface area contributed by atoms with E-state index in [2.05, 4.69) is 13.8 Å². The second kappa shape index (κ2) is 6.79. The Labute approximate surface area is 128 Å². The van der Waals surface area contributed by atoms with E-state index in [0.717, 1.165) is 37.0 Å². The normalized spacial score (nSPS) is 18.4. The number of piperidine rings is 1. The Bertz CT molecular complexity index is 577. The minimum Gasteiger partial charge on any atom is -0.496 e. The Morgan fingerprint density at radius 2 is 1.90 bits per heavy atom. The van der Waals surface area contributed by atoms with Crippen LogP contribution in [-0.4, -0.2) is 32.9 Å². The van der Waals surface area contributed by atoms with Gasteiger partial charge in [0.1, 0.15) is 5.75 Å². The molecule has 0 bridgehead atoms. The van der Waals surface area contributed by atoms with Gasteiger partial charge in [-0.2, -0.15) is 4.31 Å². The molecule has 0 spiro atoms. The van der Waals surface area contributed by atoms with Gasteiger partial charge in [0.15, 0.2) is 0 Å². The first-order valence-electron chi connectivity index (χ1n) is 7.68. The topological polar surface area (TPSA) is 46.6 Å². The lowest BCUT2D eigenvalue weighted by Gasteiger charge is -2.26. The van der Waals surface area contributed by atoms with Gasteiger partial charge in [-0.3, -0.25) is 0 Å². The SMILES string of the molecule is CCC(C)c1cc(S(=O)(=O)N2CCCCC2)ccc1OC. The summed E-state index contributed by atoms with van der Waals surface area (Å²) < 4.78 is 32.5. The van der Waals surface area contributed by atoms with Crippen molar-refractivity contribution in [3.63, 3.8) is 0 Å². The number of rotatable bonds is 5. The maximum atomic E-state index is 12.7. The minimum atomic E-state index is -3.37. The molecule has 4 nitrogen and oxygen atoms in total. The van der Waals surface area contributed by atoms with E-state index < -0.39 is 10.0 Å². The van der Waals surface area contributed by atoms with Crippen LogP contribution < -0.4 is 4.74 Å². The third-order valence-corrected chi connectivity index (χ3v) is 6.19. The monoisotopic (exact) mass is 311 g/mol. The summed E-state index contributed by atoms with van der Waals surface area (Å²) in [6, 6.07) is 5.23. The summed E-state index contributed by atoms with van der Waals surface area (Å²) in [7, 11) is -1.75. The largest absolute Gasteiger partial charge is 0.496 e. The maximum absolute atomic E-state index is 12.7. The highest BCUT2D eigenvalue weighted by molar-refractivity contribution is 7.89. The van der Waals surface area contributed by atoms with Crippen molar-refractivity contribution in [2.24, 2.45) is 0 Å². The number of methoxy groups -OCH3 is 1. The Hall–Kier alpha value is -1.07. The van der Waals surface area contributed by atoms with Crippen molar-refractivity contribution in [3.05, 3.63) is 23.8 Å². The van der Waals surface area contributed by atoms with Gasteiger partial charge in [-0.15, -0.1) is 0 Å². The van der Waals surface area contributed by atoms with Crippen LogP contribution in [0.25, 0.3) is 0 Å². The number of hydrogen-bond donors (Lipinski definition) is 0. The van der Waals surface area contributed by atoms with Crippen LogP contribution in [0, 0.1) is 0 Å². The van der Waals surface area contributed by atoms with Crippen LogP contribution in [0.3, 0.4) is 0 Å². The fraction of sp³-hybridized carbons (Fsp3) is 0.625. The van der Waals surface area contributed by atoms with Gasteiger partial charge < -0.3 is 4.74 Å². The number of hydrogen-bond acceptors (Lipinski definition) is 3. The Morgan fingerprint density at radius 3 is 2.48 bits per heavy atom. The first-order chi connectivity index (χ1) is 10.0. The fourth-order valence-electron chi connectivity index (χ4n) is 2.73. The molecule has 5 heteroatoms. The zero-order valence-electron chi connectivity index (χ0n) is 13.1. The molecule has 1 fully saturated rings. The first-order valence-corrected chi connectivity index (χ1v) is 9.12. The summed E-state index contributed by atoms with van der Waals surface area (Å²) in [4.78, 5) is 0.389. The molecule has 0 N–H and O–H groups in total. The molecule has 1 unspecified atom stereocenters. The number of ether oxygens (including phenoxy) is 1. The molecule has 1 aliphatic rings. The number of sulfonamides is 1. The summed E-state index contributed by atoms with van der Waals surface area (Å²) in [5.41, 5.74) is 0.970. The van der Waals surface area contributed by atoms with Gasteiger partial charge in [0, 0.05) is 13.1 Å². The first kappa shape index (κ1) is 16.3. The van der Waals surface area contributed by atoms with E-state index in [4.69, 9.17) is 4.74 Å². The van der Waals surface area contributed by atoms with E-state index in [9.17, 15) is 8.42 Å². The molecular weight excluding hydrogens is 286 g/mol. The lowest BCUT2D eigenvalue weighted by Crippen LogP contribution is -2.35. The molecule has 0 amide bonds. The Balaban J connectivity index is 2.39. The second-order valence-corrected chi connectivity index (χ2v) is 7.62. The van der Waals surface area contributed by atoms with Gasteiger partial charge in [-0.1, -0.05) is 20.3 Å². The standard InChI is InChI=1S/C16H25NO3S/c1-4-13(2)15-12-14(8-9-16(15)20-3)21(18,19)17-10-6-5-7-11-17/h8-9,12-13H,4-7,10-11H2,1-3H3. The fourth-order valence-corrected chi connectivity index (χ4v) is 4.29. The highest BCUT2D eigenvalue weighted by Crippen LogP contribution is 2.32. The zero-order valence-corrected chi connectivity index (χ0v) is 13.9. The maximum Gasteiger partial charge on any atom is 0.243 e. The van der Waals surface area contributed by atoms with Crippen LogP contribution in [0.1, 0.15) is 51.0 Å². The third-order valence-electron chi connectivity index (χ3n) is 4.30. The average molecular weight is 311 g/mol. The van der Waals surface area contributed by atoms with E-state index in [-0.39, 0.29) is 5.92 Å². The summed E-state index contributed by atoms with van der Waals surface area (Å²) in [5.74, 6) is 1.04. The van der Waals surface area contributed by atoms with Crippen LogP contribution in [0.4, 0.5) is 0 Å². The Kier molecular flexibility index (Phi) is 5.27. The van der Waals surface area contributed by atoms with E-state index in [1.807, 2.05) is 0 Å². The highest BCUT2D eigenvalue weighted by atomic mass is 32.2. The van der Waals surface area contributed by atoms with Crippen LogP contribution in [0.2, 0.25) is 0 Å². The zero-order chi connectivity index (χ0) is 15.5. The van der Waals surface area contributed by atoms with Crippen LogP contribution >= 0.6 is 0 Å². The second-order valence-electron chi connectivity index (χ2n) is 5.68. The van der Waals surface area contributed by atoms with Crippen LogP contribution in [0.5, 0.6) is 5.75 Å². The molecule has 0 aromatic heterocycles. The van der Waals surface area contributed by atoms with Crippen molar-refractivity contribution in [2.45, 2.75) is 50.3 Å².